The minimum Gasteiger partial charge on any atom is -0.309 e. The van der Waals surface area contributed by atoms with Crippen LogP contribution in [0.2, 0.25) is 0 Å². The van der Waals surface area contributed by atoms with Crippen molar-refractivity contribution in [3.8, 4) is 79.2 Å². The molecule has 13 aromatic carbocycles. The van der Waals surface area contributed by atoms with E-state index in [1.54, 1.807) is 0 Å². The van der Waals surface area contributed by atoms with Crippen LogP contribution < -0.4 is 0 Å². The lowest BCUT2D eigenvalue weighted by Crippen LogP contribution is -2.10. The lowest BCUT2D eigenvalue weighted by molar-refractivity contribution is 0.590. The van der Waals surface area contributed by atoms with Gasteiger partial charge in [0.05, 0.1) is 44.1 Å². The molecule has 0 unspecified atom stereocenters. The van der Waals surface area contributed by atoms with Gasteiger partial charge in [0.25, 0.3) is 0 Å². The molecular weight excluding hydrogens is 1190 g/mol. The Labute approximate surface area is 569 Å². The maximum absolute atomic E-state index is 5.56. The SMILES string of the molecule is Cc1ccc2c(c1)c1cc(C)ccc1n2-c1ccc2c(c1)c1c(-c3cc(-c4nc(-c5ccc(C(C)(C)C)cc5)nc(-c5ccc(C)c(-c6cccc7c6c6cc(-n8c9ccc(C)cc9c9cc(C)ccc98)ccc6n7-c6ccccc6)c5)n4)ccc3C)cccc1n2-c1ccccc1. The molecule has 7 heteroatoms. The van der Waals surface area contributed by atoms with Crippen LogP contribution in [0, 0.1) is 41.5 Å². The Morgan fingerprint density at radius 2 is 0.582 bits per heavy atom. The number of para-hydroxylation sites is 2. The standard InChI is InChI=1S/C91H71N7/c1-54-26-40-78-72(46-54)73-47-55(2)27-41-79(73)97(78)66-38-44-82-76(52-66)86-68(22-16-24-84(86)95(82)64-18-12-10-13-19-64)70-50-61(32-30-58(70)5)89-92-88(60-34-36-63(37-35-60)91(7,8)9)93-90(94-89)62-33-31-59(6)71(51-62)69-23-17-25-85-87(69)77-53-67(39-45-83(77)96(85)65-20-14-11-15-21-65)98-80-42-28-56(3)48-74(80)75-49-57(4)29-43-81(75)98/h10-53H,1-9H3. The first-order valence-corrected chi connectivity index (χ1v) is 34.1. The first-order chi connectivity index (χ1) is 47.7. The zero-order chi connectivity index (χ0) is 66.4. The van der Waals surface area contributed by atoms with Gasteiger partial charge in [0.1, 0.15) is 0 Å². The Morgan fingerprint density at radius 1 is 0.245 bits per heavy atom. The van der Waals surface area contributed by atoms with E-state index < -0.39 is 0 Å². The quantitative estimate of drug-likeness (QED) is 0.145. The molecule has 0 spiro atoms. The molecule has 0 saturated carbocycles. The third-order valence-corrected chi connectivity index (χ3v) is 20.5. The summed E-state index contributed by atoms with van der Waals surface area (Å²) >= 11 is 0. The molecule has 0 radical (unpaired) electrons. The summed E-state index contributed by atoms with van der Waals surface area (Å²) in [7, 11) is 0. The molecule has 98 heavy (non-hydrogen) atoms. The van der Waals surface area contributed by atoms with Crippen LogP contribution in [-0.2, 0) is 5.41 Å². The number of aryl methyl sites for hydroxylation is 6. The Balaban J connectivity index is 0.824. The highest BCUT2D eigenvalue weighted by atomic mass is 15.0. The van der Waals surface area contributed by atoms with Crippen molar-refractivity contribution in [2.24, 2.45) is 0 Å². The van der Waals surface area contributed by atoms with Crippen molar-refractivity contribution in [3.05, 3.63) is 306 Å². The topological polar surface area (TPSA) is 58.4 Å². The van der Waals surface area contributed by atoms with Gasteiger partial charge in [0.2, 0.25) is 0 Å². The van der Waals surface area contributed by atoms with Crippen molar-refractivity contribution in [1.29, 1.82) is 0 Å². The molecule has 18 rings (SSSR count). The van der Waals surface area contributed by atoms with Gasteiger partial charge in [-0.3, -0.25) is 0 Å². The molecule has 0 aliphatic carbocycles. The van der Waals surface area contributed by atoms with E-state index in [1.165, 1.54) is 93.0 Å². The van der Waals surface area contributed by atoms with Crippen LogP contribution in [0.3, 0.4) is 0 Å². The maximum atomic E-state index is 5.56. The first-order valence-electron chi connectivity index (χ1n) is 34.1. The van der Waals surface area contributed by atoms with E-state index in [2.05, 4.69) is 348 Å². The monoisotopic (exact) mass is 1260 g/mol. The van der Waals surface area contributed by atoms with E-state index in [-0.39, 0.29) is 5.41 Å². The summed E-state index contributed by atoms with van der Waals surface area (Å²) in [5.41, 5.74) is 29.4. The summed E-state index contributed by atoms with van der Waals surface area (Å²) in [5, 5.41) is 9.74. The van der Waals surface area contributed by atoms with Gasteiger partial charge in [0, 0.05) is 82.5 Å². The zero-order valence-corrected chi connectivity index (χ0v) is 56.5. The van der Waals surface area contributed by atoms with Gasteiger partial charge in [-0.1, -0.05) is 176 Å². The Bertz CT molecular complexity index is 5850. The van der Waals surface area contributed by atoms with E-state index in [9.17, 15) is 0 Å². The van der Waals surface area contributed by atoms with E-state index in [1.807, 2.05) is 0 Å². The Morgan fingerprint density at radius 3 is 0.959 bits per heavy atom. The molecule has 0 aliphatic heterocycles. The molecule has 5 aromatic heterocycles. The molecule has 0 atom stereocenters. The van der Waals surface area contributed by atoms with Crippen molar-refractivity contribution < 1.29 is 0 Å². The summed E-state index contributed by atoms with van der Waals surface area (Å²) in [6, 6.07) is 98.8. The minimum atomic E-state index is -0.0347. The Hall–Kier alpha value is -11.9. The van der Waals surface area contributed by atoms with Gasteiger partial charge >= 0.3 is 0 Å². The average molecular weight is 1260 g/mol. The number of nitrogens with zero attached hydrogens (tertiary/aromatic N) is 7. The summed E-state index contributed by atoms with van der Waals surface area (Å²) in [6.07, 6.45) is 0. The van der Waals surface area contributed by atoms with Gasteiger partial charge in [-0.15, -0.1) is 0 Å². The van der Waals surface area contributed by atoms with Gasteiger partial charge in [-0.2, -0.15) is 0 Å². The largest absolute Gasteiger partial charge is 0.309 e. The van der Waals surface area contributed by atoms with Crippen LogP contribution in [0.5, 0.6) is 0 Å². The van der Waals surface area contributed by atoms with E-state index >= 15 is 0 Å². The van der Waals surface area contributed by atoms with Crippen LogP contribution >= 0.6 is 0 Å². The molecule has 0 fully saturated rings. The second-order valence-corrected chi connectivity index (χ2v) is 28.1. The van der Waals surface area contributed by atoms with Crippen molar-refractivity contribution in [2.45, 2.75) is 67.7 Å². The van der Waals surface area contributed by atoms with Crippen molar-refractivity contribution in [3.63, 3.8) is 0 Å². The fourth-order valence-electron chi connectivity index (χ4n) is 15.6. The highest BCUT2D eigenvalue weighted by Gasteiger charge is 2.25. The third kappa shape index (κ3) is 9.43. The van der Waals surface area contributed by atoms with Gasteiger partial charge in [0.15, 0.2) is 17.5 Å². The van der Waals surface area contributed by atoms with Gasteiger partial charge in [-0.25, -0.2) is 15.0 Å². The number of fused-ring (bicyclic) bond motifs is 12. The van der Waals surface area contributed by atoms with Gasteiger partial charge < -0.3 is 18.3 Å². The zero-order valence-electron chi connectivity index (χ0n) is 56.5. The average Bonchev–Trinajstić information content (AvgIpc) is 1.57. The molecule has 0 aliphatic rings. The molecular formula is C91H71N7. The molecule has 0 amide bonds. The fraction of sp³-hybridized carbons (Fsp3) is 0.110. The highest BCUT2D eigenvalue weighted by Crippen LogP contribution is 2.46. The third-order valence-electron chi connectivity index (χ3n) is 20.5. The van der Waals surface area contributed by atoms with E-state index in [0.29, 0.717) is 17.5 Å². The van der Waals surface area contributed by atoms with E-state index in [0.717, 1.165) is 94.9 Å². The van der Waals surface area contributed by atoms with Crippen molar-refractivity contribution in [2.75, 3.05) is 0 Å². The predicted molar refractivity (Wildman–Crippen MR) is 411 cm³/mol. The summed E-state index contributed by atoms with van der Waals surface area (Å²) in [4.78, 5) is 16.5. The maximum Gasteiger partial charge on any atom is 0.164 e. The molecule has 0 saturated heterocycles. The molecule has 7 nitrogen and oxygen atoms in total. The smallest absolute Gasteiger partial charge is 0.164 e. The number of aromatic nitrogens is 7. The van der Waals surface area contributed by atoms with E-state index in [4.69, 9.17) is 15.0 Å². The van der Waals surface area contributed by atoms with Crippen LogP contribution in [0.4, 0.5) is 0 Å². The van der Waals surface area contributed by atoms with Gasteiger partial charge in [-0.05, 0) is 219 Å². The molecule has 18 aromatic rings. The second-order valence-electron chi connectivity index (χ2n) is 28.1. The number of benzene rings is 13. The van der Waals surface area contributed by atoms with Crippen molar-refractivity contribution in [1.82, 2.24) is 33.2 Å². The fourth-order valence-corrected chi connectivity index (χ4v) is 15.6. The first kappa shape index (κ1) is 58.6. The second kappa shape index (κ2) is 22.3. The number of rotatable bonds is 9. The molecule has 5 heterocycles. The lowest BCUT2D eigenvalue weighted by Gasteiger charge is -2.19. The van der Waals surface area contributed by atoms with Crippen LogP contribution in [-0.4, -0.2) is 33.2 Å². The normalized spacial score (nSPS) is 12.1. The lowest BCUT2D eigenvalue weighted by atomic mass is 9.86. The summed E-state index contributed by atoms with van der Waals surface area (Å²) in [6.45, 7) is 19.9. The Kier molecular flexibility index (Phi) is 13.4. The van der Waals surface area contributed by atoms with Crippen LogP contribution in [0.25, 0.3) is 166 Å². The highest BCUT2D eigenvalue weighted by molar-refractivity contribution is 6.19. The number of hydrogen-bond donors (Lipinski definition) is 0. The predicted octanol–water partition coefficient (Wildman–Crippen LogP) is 23.7. The molecule has 0 bridgehead atoms. The molecule has 0 N–H and O–H groups in total. The number of hydrogen-bond acceptors (Lipinski definition) is 3. The van der Waals surface area contributed by atoms with Crippen molar-refractivity contribution >= 4 is 87.2 Å². The molecule has 470 valence electrons. The van der Waals surface area contributed by atoms with Crippen LogP contribution in [0.15, 0.2) is 267 Å². The minimum absolute atomic E-state index is 0.0347. The van der Waals surface area contributed by atoms with Crippen LogP contribution in [0.1, 0.15) is 59.7 Å². The summed E-state index contributed by atoms with van der Waals surface area (Å²) in [5.74, 6) is 1.81. The summed E-state index contributed by atoms with van der Waals surface area (Å²) < 4.78 is 9.74.